The Kier molecular flexibility index (Phi) is 7.43. The first kappa shape index (κ1) is 26.8. The van der Waals surface area contributed by atoms with Crippen LogP contribution in [0, 0.1) is 0 Å². The maximum atomic E-state index is 12.1. The van der Waals surface area contributed by atoms with E-state index < -0.39 is 37.2 Å². The topological polar surface area (TPSA) is 177 Å². The van der Waals surface area contributed by atoms with Gasteiger partial charge in [0.05, 0.1) is 11.6 Å². The predicted molar refractivity (Wildman–Crippen MR) is 140 cm³/mol. The third-order valence-electron chi connectivity index (χ3n) is 6.22. The van der Waals surface area contributed by atoms with Gasteiger partial charge < -0.3 is 44.8 Å². The lowest BCUT2D eigenvalue weighted by atomic mass is 10.1. The Morgan fingerprint density at radius 3 is 2.40 bits per heavy atom. The molecule has 40 heavy (non-hydrogen) atoms. The average Bonchev–Trinajstić information content (AvgIpc) is 3.20. The molecule has 1 fully saturated rings. The molecule has 4 aromatic rings. The van der Waals surface area contributed by atoms with Crippen molar-refractivity contribution in [3.05, 3.63) is 78.4 Å². The molecule has 6 N–H and O–H groups in total. The Morgan fingerprint density at radius 2 is 1.65 bits per heavy atom. The summed E-state index contributed by atoms with van der Waals surface area (Å²) in [5, 5.41) is 60.0. The lowest BCUT2D eigenvalue weighted by Gasteiger charge is -2.17. The number of carbonyl (C=O) groups excluding carboxylic acids is 1. The highest BCUT2D eigenvalue weighted by Gasteiger charge is 2.45. The van der Waals surface area contributed by atoms with Crippen molar-refractivity contribution >= 4 is 23.0 Å². The van der Waals surface area contributed by atoms with Gasteiger partial charge >= 0.3 is 17.3 Å². The molecule has 0 aliphatic carbocycles. The first-order valence-electron chi connectivity index (χ1n) is 12.1. The zero-order valence-corrected chi connectivity index (χ0v) is 20.7. The van der Waals surface area contributed by atoms with Gasteiger partial charge in [0, 0.05) is 18.2 Å². The summed E-state index contributed by atoms with van der Waals surface area (Å²) in [6.45, 7) is -0.395. The number of aliphatic hydroxyl groups is 2. The normalized spacial score (nSPS) is 20.6. The summed E-state index contributed by atoms with van der Waals surface area (Å²) in [6, 6.07) is 16.4. The Morgan fingerprint density at radius 1 is 0.875 bits per heavy atom. The standard InChI is InChI=1S/C29H24O11/c30-17-5-3-16(4-6-17)22-9-7-19-23(38-22)12-18(31)13-24(19)39-29-28(36)27(35)25(40-29)14-37-26(34)10-2-15-1-8-20(32)21(33)11-15/h1-13,25,27-29,35-36H,14H2,(H3-,30,31,32,33,34)/p+1. The van der Waals surface area contributed by atoms with Crippen LogP contribution in [-0.4, -0.2) is 67.8 Å². The van der Waals surface area contributed by atoms with E-state index >= 15 is 0 Å². The van der Waals surface area contributed by atoms with E-state index in [1.807, 2.05) is 0 Å². The SMILES string of the molecule is O=C(C=Cc1ccc(O)c(O)c1)OCC1OC(Oc2cc(O)cc3[o+]c(-c4ccc(O)cc4)ccc23)C(O)C1O. The van der Waals surface area contributed by atoms with Gasteiger partial charge in [-0.2, -0.15) is 0 Å². The molecular formula is C29H25O11+. The molecular weight excluding hydrogens is 524 g/mol. The van der Waals surface area contributed by atoms with Gasteiger partial charge in [-0.05, 0) is 54.1 Å². The van der Waals surface area contributed by atoms with Gasteiger partial charge in [-0.3, -0.25) is 0 Å². The molecule has 1 saturated heterocycles. The summed E-state index contributed by atoms with van der Waals surface area (Å²) in [5.41, 5.74) is 1.40. The molecule has 5 rings (SSSR count). The van der Waals surface area contributed by atoms with Crippen LogP contribution in [-0.2, 0) is 14.3 Å². The third-order valence-corrected chi connectivity index (χ3v) is 6.22. The van der Waals surface area contributed by atoms with E-state index in [9.17, 15) is 35.4 Å². The van der Waals surface area contributed by atoms with Crippen molar-refractivity contribution in [2.75, 3.05) is 6.61 Å². The van der Waals surface area contributed by atoms with Gasteiger partial charge in [0.2, 0.25) is 6.29 Å². The van der Waals surface area contributed by atoms with Crippen LogP contribution in [0.3, 0.4) is 0 Å². The van der Waals surface area contributed by atoms with Gasteiger partial charge in [-0.15, -0.1) is 0 Å². The van der Waals surface area contributed by atoms with Crippen molar-refractivity contribution in [3.8, 4) is 40.1 Å². The molecule has 1 aromatic heterocycles. The van der Waals surface area contributed by atoms with Crippen LogP contribution >= 0.6 is 0 Å². The number of phenolic OH excluding ortho intramolecular Hbond substituents is 4. The van der Waals surface area contributed by atoms with E-state index in [4.69, 9.17) is 18.6 Å². The van der Waals surface area contributed by atoms with Crippen LogP contribution in [0.4, 0.5) is 0 Å². The van der Waals surface area contributed by atoms with Crippen LogP contribution in [0.25, 0.3) is 28.4 Å². The zero-order chi connectivity index (χ0) is 28.4. The molecule has 1 aliphatic rings. The molecule has 0 amide bonds. The highest BCUT2D eigenvalue weighted by Crippen LogP contribution is 2.36. The first-order chi connectivity index (χ1) is 19.2. The number of aromatic hydroxyl groups is 4. The van der Waals surface area contributed by atoms with Gasteiger partial charge in [0.1, 0.15) is 47.6 Å². The molecule has 4 atom stereocenters. The van der Waals surface area contributed by atoms with Crippen molar-refractivity contribution in [3.63, 3.8) is 0 Å². The Balaban J connectivity index is 1.25. The molecule has 11 heteroatoms. The van der Waals surface area contributed by atoms with E-state index in [0.717, 1.165) is 6.08 Å². The van der Waals surface area contributed by atoms with Crippen LogP contribution in [0.1, 0.15) is 5.56 Å². The quantitative estimate of drug-likeness (QED) is 0.0863. The maximum Gasteiger partial charge on any atom is 0.368 e. The second-order valence-electron chi connectivity index (χ2n) is 9.06. The Hall–Kier alpha value is -4.84. The highest BCUT2D eigenvalue weighted by atomic mass is 16.7. The molecule has 4 unspecified atom stereocenters. The minimum absolute atomic E-state index is 0.106. The lowest BCUT2D eigenvalue weighted by molar-refractivity contribution is -0.148. The van der Waals surface area contributed by atoms with Gasteiger partial charge in [-0.25, -0.2) is 9.21 Å². The number of benzene rings is 3. The monoisotopic (exact) mass is 549 g/mol. The number of esters is 1. The summed E-state index contributed by atoms with van der Waals surface area (Å²) in [4.78, 5) is 12.1. The number of fused-ring (bicyclic) bond motifs is 1. The average molecular weight is 550 g/mol. The Labute approximate surface area is 227 Å². The molecule has 0 saturated carbocycles. The fourth-order valence-corrected chi connectivity index (χ4v) is 4.12. The number of ether oxygens (including phenoxy) is 3. The summed E-state index contributed by atoms with van der Waals surface area (Å²) < 4.78 is 22.4. The predicted octanol–water partition coefficient (Wildman–Crippen LogP) is 3.29. The molecule has 1 aliphatic heterocycles. The smallest absolute Gasteiger partial charge is 0.368 e. The summed E-state index contributed by atoms with van der Waals surface area (Å²) in [7, 11) is 0. The summed E-state index contributed by atoms with van der Waals surface area (Å²) >= 11 is 0. The number of aliphatic hydroxyl groups excluding tert-OH is 2. The van der Waals surface area contributed by atoms with Crippen molar-refractivity contribution < 1.29 is 54.1 Å². The van der Waals surface area contributed by atoms with Crippen LogP contribution in [0.5, 0.6) is 28.7 Å². The van der Waals surface area contributed by atoms with E-state index in [0.29, 0.717) is 22.3 Å². The summed E-state index contributed by atoms with van der Waals surface area (Å²) in [5.74, 6) is -0.901. The third kappa shape index (κ3) is 5.76. The second-order valence-corrected chi connectivity index (χ2v) is 9.06. The lowest BCUT2D eigenvalue weighted by Crippen LogP contribution is -2.36. The van der Waals surface area contributed by atoms with Gasteiger partial charge in [-0.1, -0.05) is 6.07 Å². The second kappa shape index (κ2) is 11.1. The largest absolute Gasteiger partial charge is 0.508 e. The van der Waals surface area contributed by atoms with E-state index in [1.165, 1.54) is 48.5 Å². The minimum atomic E-state index is -1.50. The number of hydrogen-bond donors (Lipinski definition) is 6. The van der Waals surface area contributed by atoms with Crippen LogP contribution < -0.4 is 4.74 Å². The van der Waals surface area contributed by atoms with Crippen molar-refractivity contribution in [1.82, 2.24) is 0 Å². The molecule has 0 spiro atoms. The fourth-order valence-electron chi connectivity index (χ4n) is 4.12. The van der Waals surface area contributed by atoms with Crippen LogP contribution in [0.15, 0.2) is 77.2 Å². The number of carbonyl (C=O) groups is 1. The molecule has 2 heterocycles. The maximum absolute atomic E-state index is 12.1. The van der Waals surface area contributed by atoms with Crippen LogP contribution in [0.2, 0.25) is 0 Å². The van der Waals surface area contributed by atoms with E-state index in [1.54, 1.807) is 24.3 Å². The molecule has 0 bridgehead atoms. The molecule has 11 nitrogen and oxygen atoms in total. The van der Waals surface area contributed by atoms with E-state index in [-0.39, 0.29) is 34.3 Å². The molecule has 3 aromatic carbocycles. The van der Waals surface area contributed by atoms with Crippen molar-refractivity contribution in [2.24, 2.45) is 0 Å². The van der Waals surface area contributed by atoms with E-state index in [2.05, 4.69) is 0 Å². The van der Waals surface area contributed by atoms with Crippen molar-refractivity contribution in [1.29, 1.82) is 0 Å². The minimum Gasteiger partial charge on any atom is -0.508 e. The highest BCUT2D eigenvalue weighted by molar-refractivity contribution is 5.87. The number of phenols is 4. The summed E-state index contributed by atoms with van der Waals surface area (Å²) in [6.07, 6.45) is -2.94. The fraction of sp³-hybridized carbons (Fsp3) is 0.172. The van der Waals surface area contributed by atoms with Gasteiger partial charge in [0.25, 0.3) is 0 Å². The van der Waals surface area contributed by atoms with Crippen molar-refractivity contribution in [2.45, 2.75) is 24.6 Å². The first-order valence-corrected chi connectivity index (χ1v) is 12.1. The number of rotatable bonds is 7. The zero-order valence-electron chi connectivity index (χ0n) is 20.7. The Bertz CT molecular complexity index is 1560. The van der Waals surface area contributed by atoms with Gasteiger partial charge in [0.15, 0.2) is 11.5 Å². The molecule has 0 radical (unpaired) electrons. The number of hydrogen-bond acceptors (Lipinski definition) is 10. The molecule has 206 valence electrons.